The highest BCUT2D eigenvalue weighted by atomic mass is 19.1. The first-order valence-corrected chi connectivity index (χ1v) is 9.75. The average molecular weight is 417 g/mol. The molecule has 3 aromatic heterocycles. The second-order valence-electron chi connectivity index (χ2n) is 7.55. The standard InChI is InChI=1S/C21H16FN7O2/c1-28-19(11(5-23)6-26-28)13-4-17-21(29-10-25-27-20(13)29)24-7-14-15(22)2-3-16-18(14)12(8-30-16)9-31-17/h2-4,6,10,12,24H,7-9H2,1H3. The van der Waals surface area contributed by atoms with Crippen molar-refractivity contribution in [2.45, 2.75) is 12.5 Å². The molecule has 154 valence electrons. The SMILES string of the molecule is Cn1ncc(C#N)c1-c1cc2c(n3cnnc13)NCc1c(F)ccc3c1C(CO3)CO2. The lowest BCUT2D eigenvalue weighted by Crippen LogP contribution is -2.13. The van der Waals surface area contributed by atoms with E-state index >= 15 is 0 Å². The maximum atomic E-state index is 14.7. The van der Waals surface area contributed by atoms with Crippen molar-refractivity contribution in [3.63, 3.8) is 0 Å². The van der Waals surface area contributed by atoms with E-state index in [2.05, 4.69) is 26.7 Å². The van der Waals surface area contributed by atoms with E-state index in [1.807, 2.05) is 6.07 Å². The average Bonchev–Trinajstić information content (AvgIpc) is 3.50. The van der Waals surface area contributed by atoms with Crippen molar-refractivity contribution >= 4 is 11.5 Å². The molecule has 0 radical (unpaired) electrons. The largest absolute Gasteiger partial charge is 0.493 e. The van der Waals surface area contributed by atoms with Gasteiger partial charge in [0.1, 0.15) is 24.0 Å². The molecular weight excluding hydrogens is 401 g/mol. The Morgan fingerprint density at radius 3 is 2.94 bits per heavy atom. The van der Waals surface area contributed by atoms with Crippen LogP contribution in [-0.4, -0.2) is 37.6 Å². The molecule has 4 aromatic rings. The van der Waals surface area contributed by atoms with Crippen LogP contribution in [0.15, 0.2) is 30.7 Å². The maximum Gasteiger partial charge on any atom is 0.171 e. The number of fused-ring (bicyclic) bond motifs is 3. The van der Waals surface area contributed by atoms with Gasteiger partial charge in [0.25, 0.3) is 0 Å². The van der Waals surface area contributed by atoms with E-state index in [4.69, 9.17) is 9.47 Å². The summed E-state index contributed by atoms with van der Waals surface area (Å²) in [7, 11) is 1.76. The van der Waals surface area contributed by atoms with Gasteiger partial charge in [-0.2, -0.15) is 10.4 Å². The summed E-state index contributed by atoms with van der Waals surface area (Å²) in [6, 6.07) is 7.10. The van der Waals surface area contributed by atoms with Gasteiger partial charge in [-0.05, 0) is 18.2 Å². The zero-order chi connectivity index (χ0) is 21.1. The van der Waals surface area contributed by atoms with Gasteiger partial charge < -0.3 is 14.8 Å². The number of rotatable bonds is 1. The molecule has 9 nitrogen and oxygen atoms in total. The van der Waals surface area contributed by atoms with E-state index in [1.54, 1.807) is 28.5 Å². The molecule has 0 fully saturated rings. The molecular formula is C21H16FN7O2. The summed E-state index contributed by atoms with van der Waals surface area (Å²) in [6.45, 7) is 1.01. The fourth-order valence-corrected chi connectivity index (χ4v) is 4.40. The fourth-order valence-electron chi connectivity index (χ4n) is 4.40. The highest BCUT2D eigenvalue weighted by Gasteiger charge is 2.32. The summed E-state index contributed by atoms with van der Waals surface area (Å²) in [4.78, 5) is 0. The Kier molecular flexibility index (Phi) is 3.67. The van der Waals surface area contributed by atoms with Crippen LogP contribution >= 0.6 is 0 Å². The minimum atomic E-state index is -0.282. The monoisotopic (exact) mass is 417 g/mol. The van der Waals surface area contributed by atoms with E-state index in [-0.39, 0.29) is 18.3 Å². The summed E-state index contributed by atoms with van der Waals surface area (Å²) in [5.41, 5.74) is 3.66. The topological polar surface area (TPSA) is 102 Å². The molecule has 0 aliphatic carbocycles. The number of ether oxygens (including phenoxy) is 2. The van der Waals surface area contributed by atoms with Gasteiger partial charge in [0, 0.05) is 24.7 Å². The van der Waals surface area contributed by atoms with E-state index in [9.17, 15) is 9.65 Å². The number of halogens is 1. The molecule has 31 heavy (non-hydrogen) atoms. The summed E-state index contributed by atoms with van der Waals surface area (Å²) in [5.74, 6) is 1.49. The highest BCUT2D eigenvalue weighted by molar-refractivity contribution is 5.83. The van der Waals surface area contributed by atoms with Gasteiger partial charge in [-0.1, -0.05) is 0 Å². The van der Waals surface area contributed by atoms with Gasteiger partial charge in [0.15, 0.2) is 17.2 Å². The zero-order valence-electron chi connectivity index (χ0n) is 16.5. The van der Waals surface area contributed by atoms with Crippen molar-refractivity contribution in [1.82, 2.24) is 24.4 Å². The second kappa shape index (κ2) is 6.43. The Morgan fingerprint density at radius 1 is 1.26 bits per heavy atom. The molecule has 5 heterocycles. The van der Waals surface area contributed by atoms with Crippen LogP contribution in [-0.2, 0) is 13.6 Å². The Hall–Kier alpha value is -4.13. The summed E-state index contributed by atoms with van der Waals surface area (Å²) in [5, 5.41) is 25.3. The van der Waals surface area contributed by atoms with Crippen LogP contribution in [0.3, 0.4) is 0 Å². The fraction of sp³-hybridized carbons (Fsp3) is 0.238. The number of nitriles is 1. The number of nitrogens with zero attached hydrogens (tertiary/aromatic N) is 6. The molecule has 0 spiro atoms. The van der Waals surface area contributed by atoms with Gasteiger partial charge >= 0.3 is 0 Å². The Labute approximate surface area is 175 Å². The first kappa shape index (κ1) is 17.7. The van der Waals surface area contributed by atoms with Crippen LogP contribution in [0.25, 0.3) is 16.9 Å². The molecule has 0 saturated carbocycles. The molecule has 1 atom stereocenters. The molecule has 1 unspecified atom stereocenters. The third-order valence-electron chi connectivity index (χ3n) is 5.83. The van der Waals surface area contributed by atoms with Crippen LogP contribution in [0, 0.1) is 17.1 Å². The Balaban J connectivity index is 1.55. The summed E-state index contributed by atoms with van der Waals surface area (Å²) in [6.07, 6.45) is 3.08. The molecule has 1 aromatic carbocycles. The van der Waals surface area contributed by atoms with Crippen molar-refractivity contribution < 1.29 is 13.9 Å². The third kappa shape index (κ3) is 2.49. The number of anilines is 1. The Morgan fingerprint density at radius 2 is 2.10 bits per heavy atom. The first-order valence-electron chi connectivity index (χ1n) is 9.75. The lowest BCUT2D eigenvalue weighted by Gasteiger charge is -2.16. The van der Waals surface area contributed by atoms with Gasteiger partial charge in [-0.15, -0.1) is 10.2 Å². The van der Waals surface area contributed by atoms with Crippen LogP contribution in [0.5, 0.6) is 11.5 Å². The highest BCUT2D eigenvalue weighted by Crippen LogP contribution is 2.42. The number of aryl methyl sites for hydroxylation is 1. The molecule has 6 rings (SSSR count). The van der Waals surface area contributed by atoms with Gasteiger partial charge in [-0.3, -0.25) is 9.08 Å². The van der Waals surface area contributed by atoms with E-state index in [0.717, 1.165) is 5.56 Å². The normalized spacial score (nSPS) is 16.7. The van der Waals surface area contributed by atoms with E-state index < -0.39 is 0 Å². The number of nitrogens with one attached hydrogen (secondary N) is 1. The molecule has 2 aliphatic heterocycles. The van der Waals surface area contributed by atoms with Crippen LogP contribution in [0.2, 0.25) is 0 Å². The lowest BCUT2D eigenvalue weighted by molar-refractivity contribution is 0.249. The number of hydrogen-bond donors (Lipinski definition) is 1. The minimum Gasteiger partial charge on any atom is -0.493 e. The smallest absolute Gasteiger partial charge is 0.171 e. The summed E-state index contributed by atoms with van der Waals surface area (Å²) < 4.78 is 30.1. The molecule has 0 amide bonds. The summed E-state index contributed by atoms with van der Waals surface area (Å²) >= 11 is 0. The third-order valence-corrected chi connectivity index (χ3v) is 5.83. The van der Waals surface area contributed by atoms with Crippen LogP contribution in [0.1, 0.15) is 22.6 Å². The Bertz CT molecular complexity index is 1400. The van der Waals surface area contributed by atoms with Crippen LogP contribution in [0.4, 0.5) is 10.2 Å². The van der Waals surface area contributed by atoms with E-state index in [0.29, 0.717) is 58.6 Å². The second-order valence-corrected chi connectivity index (χ2v) is 7.55. The first-order chi connectivity index (χ1) is 15.2. The van der Waals surface area contributed by atoms with Crippen molar-refractivity contribution in [2.24, 2.45) is 7.05 Å². The molecule has 0 bridgehead atoms. The lowest BCUT2D eigenvalue weighted by atomic mass is 9.96. The van der Waals surface area contributed by atoms with Crippen molar-refractivity contribution in [1.29, 1.82) is 5.26 Å². The maximum absolute atomic E-state index is 14.7. The predicted octanol–water partition coefficient (Wildman–Crippen LogP) is 2.62. The number of aromatic nitrogens is 5. The van der Waals surface area contributed by atoms with Gasteiger partial charge in [0.05, 0.1) is 42.1 Å². The zero-order valence-corrected chi connectivity index (χ0v) is 16.5. The number of hydrogen-bond acceptors (Lipinski definition) is 7. The van der Waals surface area contributed by atoms with Crippen LogP contribution < -0.4 is 14.8 Å². The quantitative estimate of drug-likeness (QED) is 0.508. The molecule has 0 saturated heterocycles. The number of pyridine rings is 1. The van der Waals surface area contributed by atoms with Gasteiger partial charge in [0.2, 0.25) is 0 Å². The van der Waals surface area contributed by atoms with Crippen molar-refractivity contribution in [2.75, 3.05) is 18.5 Å². The predicted molar refractivity (Wildman–Crippen MR) is 107 cm³/mol. The van der Waals surface area contributed by atoms with Crippen molar-refractivity contribution in [3.05, 3.63) is 53.2 Å². The van der Waals surface area contributed by atoms with E-state index in [1.165, 1.54) is 12.3 Å². The molecule has 2 aliphatic rings. The minimum absolute atomic E-state index is 0.0834. The van der Waals surface area contributed by atoms with Gasteiger partial charge in [-0.25, -0.2) is 4.39 Å². The van der Waals surface area contributed by atoms with Crippen molar-refractivity contribution in [3.8, 4) is 28.8 Å². The molecule has 1 N–H and O–H groups in total. The number of benzene rings is 1. The molecule has 10 heteroatoms.